The molecule has 1 aliphatic rings. The van der Waals surface area contributed by atoms with E-state index in [0.29, 0.717) is 0 Å². The lowest BCUT2D eigenvalue weighted by Gasteiger charge is -2.32. The van der Waals surface area contributed by atoms with Crippen molar-refractivity contribution in [2.45, 2.75) is 13.5 Å². The van der Waals surface area contributed by atoms with Gasteiger partial charge >= 0.3 is 0 Å². The molecule has 4 heteroatoms. The molecule has 1 heterocycles. The Morgan fingerprint density at radius 1 is 0.880 bits per heavy atom. The number of ether oxygens (including phenoxy) is 2. The molecular weight excluding hydrogens is 312 g/mol. The van der Waals surface area contributed by atoms with E-state index in [2.05, 4.69) is 60.2 Å². The van der Waals surface area contributed by atoms with Crippen molar-refractivity contribution in [3.8, 4) is 22.6 Å². The highest BCUT2D eigenvalue weighted by atomic mass is 16.5. The SMILES string of the molecule is COc1cc(CN2CCN(C)CC2)cc(OC)c1-c1ccc(C)cc1. The van der Waals surface area contributed by atoms with Crippen LogP contribution in [0.25, 0.3) is 11.1 Å². The molecule has 25 heavy (non-hydrogen) atoms. The predicted octanol–water partition coefficient (Wildman–Crippen LogP) is 3.43. The van der Waals surface area contributed by atoms with Gasteiger partial charge in [-0.3, -0.25) is 4.90 Å². The molecule has 0 aromatic heterocycles. The Morgan fingerprint density at radius 2 is 1.44 bits per heavy atom. The fourth-order valence-electron chi connectivity index (χ4n) is 3.33. The van der Waals surface area contributed by atoms with E-state index in [0.717, 1.165) is 55.3 Å². The molecule has 2 aromatic carbocycles. The van der Waals surface area contributed by atoms with Crippen molar-refractivity contribution >= 4 is 0 Å². The zero-order valence-corrected chi connectivity index (χ0v) is 15.7. The monoisotopic (exact) mass is 340 g/mol. The van der Waals surface area contributed by atoms with Crippen molar-refractivity contribution in [1.29, 1.82) is 0 Å². The number of nitrogens with zero attached hydrogens (tertiary/aromatic N) is 2. The van der Waals surface area contributed by atoms with Crippen LogP contribution in [0.1, 0.15) is 11.1 Å². The van der Waals surface area contributed by atoms with E-state index in [-0.39, 0.29) is 0 Å². The summed E-state index contributed by atoms with van der Waals surface area (Å²) in [5, 5.41) is 0. The molecule has 3 rings (SSSR count). The number of methoxy groups -OCH3 is 2. The van der Waals surface area contributed by atoms with Crippen molar-refractivity contribution in [3.05, 3.63) is 47.5 Å². The van der Waals surface area contributed by atoms with Crippen LogP contribution in [0.3, 0.4) is 0 Å². The van der Waals surface area contributed by atoms with Gasteiger partial charge in [0.05, 0.1) is 19.8 Å². The van der Waals surface area contributed by atoms with Gasteiger partial charge in [0, 0.05) is 32.7 Å². The highest BCUT2D eigenvalue weighted by Crippen LogP contribution is 2.40. The van der Waals surface area contributed by atoms with Gasteiger partial charge in [0.2, 0.25) is 0 Å². The van der Waals surface area contributed by atoms with Crippen LogP contribution in [0.15, 0.2) is 36.4 Å². The molecule has 0 unspecified atom stereocenters. The van der Waals surface area contributed by atoms with E-state index < -0.39 is 0 Å². The van der Waals surface area contributed by atoms with Crippen LogP contribution in [0.5, 0.6) is 11.5 Å². The molecule has 4 nitrogen and oxygen atoms in total. The normalized spacial score (nSPS) is 16.0. The molecule has 0 N–H and O–H groups in total. The quantitative estimate of drug-likeness (QED) is 0.833. The highest BCUT2D eigenvalue weighted by molar-refractivity contribution is 5.77. The standard InChI is InChI=1S/C21H28N2O2/c1-16-5-7-18(8-6-16)21-19(24-3)13-17(14-20(21)25-4)15-23-11-9-22(2)10-12-23/h5-8,13-14H,9-12,15H2,1-4H3. The number of piperazine rings is 1. The zero-order valence-electron chi connectivity index (χ0n) is 15.7. The summed E-state index contributed by atoms with van der Waals surface area (Å²) in [6, 6.07) is 12.8. The van der Waals surface area contributed by atoms with Gasteiger partial charge in [-0.2, -0.15) is 0 Å². The van der Waals surface area contributed by atoms with Crippen LogP contribution in [-0.2, 0) is 6.54 Å². The molecule has 0 amide bonds. The first-order valence-corrected chi connectivity index (χ1v) is 8.83. The van der Waals surface area contributed by atoms with Crippen LogP contribution in [-0.4, -0.2) is 57.2 Å². The van der Waals surface area contributed by atoms with Gasteiger partial charge < -0.3 is 14.4 Å². The Labute approximate surface area is 151 Å². The molecule has 0 saturated carbocycles. The molecule has 134 valence electrons. The summed E-state index contributed by atoms with van der Waals surface area (Å²) < 4.78 is 11.4. The number of hydrogen-bond acceptors (Lipinski definition) is 4. The van der Waals surface area contributed by atoms with Crippen LogP contribution < -0.4 is 9.47 Å². The van der Waals surface area contributed by atoms with E-state index in [1.54, 1.807) is 14.2 Å². The van der Waals surface area contributed by atoms with Crippen molar-refractivity contribution in [1.82, 2.24) is 9.80 Å². The summed E-state index contributed by atoms with van der Waals surface area (Å²) in [7, 11) is 5.64. The van der Waals surface area contributed by atoms with Gasteiger partial charge in [-0.25, -0.2) is 0 Å². The number of hydrogen-bond donors (Lipinski definition) is 0. The maximum atomic E-state index is 5.71. The summed E-state index contributed by atoms with van der Waals surface area (Å²) in [5.74, 6) is 1.74. The summed E-state index contributed by atoms with van der Waals surface area (Å²) in [5.41, 5.74) is 4.61. The van der Waals surface area contributed by atoms with E-state index >= 15 is 0 Å². The maximum Gasteiger partial charge on any atom is 0.130 e. The summed E-state index contributed by atoms with van der Waals surface area (Å²) in [4.78, 5) is 4.86. The van der Waals surface area contributed by atoms with Crippen molar-refractivity contribution in [2.24, 2.45) is 0 Å². The lowest BCUT2D eigenvalue weighted by molar-refractivity contribution is 0.148. The number of benzene rings is 2. The second-order valence-electron chi connectivity index (χ2n) is 6.82. The van der Waals surface area contributed by atoms with E-state index in [4.69, 9.17) is 9.47 Å². The Balaban J connectivity index is 1.91. The van der Waals surface area contributed by atoms with Crippen molar-refractivity contribution in [2.75, 3.05) is 47.4 Å². The molecule has 0 bridgehead atoms. The highest BCUT2D eigenvalue weighted by Gasteiger charge is 2.18. The smallest absolute Gasteiger partial charge is 0.130 e. The Morgan fingerprint density at radius 3 is 1.96 bits per heavy atom. The first-order chi connectivity index (χ1) is 12.1. The number of rotatable bonds is 5. The molecule has 0 atom stereocenters. The summed E-state index contributed by atoms with van der Waals surface area (Å²) in [6.45, 7) is 7.46. The molecule has 0 radical (unpaired) electrons. The van der Waals surface area contributed by atoms with Crippen molar-refractivity contribution < 1.29 is 9.47 Å². The minimum atomic E-state index is 0.868. The van der Waals surface area contributed by atoms with Crippen LogP contribution in [0.4, 0.5) is 0 Å². The number of likely N-dealkylation sites (N-methyl/N-ethyl adjacent to an activating group) is 1. The minimum absolute atomic E-state index is 0.868. The van der Waals surface area contributed by atoms with E-state index in [9.17, 15) is 0 Å². The van der Waals surface area contributed by atoms with Gasteiger partial charge in [0.25, 0.3) is 0 Å². The minimum Gasteiger partial charge on any atom is -0.496 e. The fraction of sp³-hybridized carbons (Fsp3) is 0.429. The molecule has 0 spiro atoms. The third kappa shape index (κ3) is 4.14. The molecular formula is C21H28N2O2. The van der Waals surface area contributed by atoms with Crippen LogP contribution >= 0.6 is 0 Å². The van der Waals surface area contributed by atoms with Crippen LogP contribution in [0.2, 0.25) is 0 Å². The van der Waals surface area contributed by atoms with Gasteiger partial charge in [0.1, 0.15) is 11.5 Å². The first-order valence-electron chi connectivity index (χ1n) is 8.83. The predicted molar refractivity (Wildman–Crippen MR) is 102 cm³/mol. The lowest BCUT2D eigenvalue weighted by atomic mass is 9.99. The Hall–Kier alpha value is -2.04. The molecule has 1 fully saturated rings. The second-order valence-corrected chi connectivity index (χ2v) is 6.82. The average Bonchev–Trinajstić information content (AvgIpc) is 2.63. The van der Waals surface area contributed by atoms with Crippen LogP contribution in [0, 0.1) is 6.92 Å². The molecule has 2 aromatic rings. The zero-order chi connectivity index (χ0) is 17.8. The molecule has 0 aliphatic carbocycles. The van der Waals surface area contributed by atoms with Gasteiger partial charge in [-0.1, -0.05) is 29.8 Å². The van der Waals surface area contributed by atoms with E-state index in [1.807, 2.05) is 0 Å². The second kappa shape index (κ2) is 7.89. The third-order valence-corrected chi connectivity index (χ3v) is 4.91. The lowest BCUT2D eigenvalue weighted by Crippen LogP contribution is -2.43. The van der Waals surface area contributed by atoms with Crippen molar-refractivity contribution in [3.63, 3.8) is 0 Å². The topological polar surface area (TPSA) is 24.9 Å². The van der Waals surface area contributed by atoms with Gasteiger partial charge in [0.15, 0.2) is 0 Å². The molecule has 1 saturated heterocycles. The Bertz CT molecular complexity index is 679. The summed E-state index contributed by atoms with van der Waals surface area (Å²) >= 11 is 0. The summed E-state index contributed by atoms with van der Waals surface area (Å²) in [6.07, 6.45) is 0. The fourth-order valence-corrected chi connectivity index (χ4v) is 3.33. The average molecular weight is 340 g/mol. The first kappa shape index (κ1) is 17.8. The van der Waals surface area contributed by atoms with Gasteiger partial charge in [-0.15, -0.1) is 0 Å². The molecule has 1 aliphatic heterocycles. The number of aryl methyl sites for hydroxylation is 1. The maximum absolute atomic E-state index is 5.71. The third-order valence-electron chi connectivity index (χ3n) is 4.91. The van der Waals surface area contributed by atoms with E-state index in [1.165, 1.54) is 11.1 Å². The van der Waals surface area contributed by atoms with Gasteiger partial charge in [-0.05, 0) is 37.2 Å². The largest absolute Gasteiger partial charge is 0.496 e. The Kier molecular flexibility index (Phi) is 5.61.